The van der Waals surface area contributed by atoms with E-state index in [0.717, 1.165) is 19.5 Å². The average Bonchev–Trinajstić information content (AvgIpc) is 2.58. The van der Waals surface area contributed by atoms with Gasteiger partial charge in [-0.2, -0.15) is 0 Å². The molecule has 1 amide bonds. The molecule has 0 aromatic carbocycles. The maximum Gasteiger partial charge on any atom is 0.410 e. The van der Waals surface area contributed by atoms with Crippen LogP contribution in [-0.2, 0) is 4.74 Å². The summed E-state index contributed by atoms with van der Waals surface area (Å²) < 4.78 is 5.51. The van der Waals surface area contributed by atoms with Gasteiger partial charge in [-0.15, -0.1) is 0 Å². The topological polar surface area (TPSA) is 29.5 Å². The van der Waals surface area contributed by atoms with Gasteiger partial charge in [0.1, 0.15) is 6.10 Å². The molecule has 3 heteroatoms. The molecule has 0 aliphatic heterocycles. The number of carbonyl (C=O) groups excluding carboxylic acids is 1. The minimum absolute atomic E-state index is 0.0106. The summed E-state index contributed by atoms with van der Waals surface area (Å²) >= 11 is 0. The highest BCUT2D eigenvalue weighted by molar-refractivity contribution is 5.67. The van der Waals surface area contributed by atoms with E-state index in [9.17, 15) is 4.79 Å². The molecule has 3 nitrogen and oxygen atoms in total. The minimum atomic E-state index is -0.147. The second kappa shape index (κ2) is 16.7. The zero-order chi connectivity index (χ0) is 18.9. The molecule has 0 aliphatic rings. The summed E-state index contributed by atoms with van der Waals surface area (Å²) in [6, 6.07) is 0. The molecule has 1 unspecified atom stereocenters. The number of unbranched alkanes of at least 4 members (excludes halogenated alkanes) is 11. The van der Waals surface area contributed by atoms with Gasteiger partial charge in [0, 0.05) is 13.1 Å². The number of carbonyl (C=O) groups is 1. The van der Waals surface area contributed by atoms with Crippen molar-refractivity contribution in [1.82, 2.24) is 4.90 Å². The number of ether oxygens (including phenoxy) is 1. The second-order valence-electron chi connectivity index (χ2n) is 7.80. The molecule has 0 aromatic rings. The number of rotatable bonds is 16. The Hall–Kier alpha value is -0.730. The molecule has 0 fully saturated rings. The van der Waals surface area contributed by atoms with Gasteiger partial charge in [-0.3, -0.25) is 0 Å². The zero-order valence-electron chi connectivity index (χ0n) is 17.8. The van der Waals surface area contributed by atoms with Gasteiger partial charge in [-0.1, -0.05) is 91.4 Å². The number of hydrogen-bond donors (Lipinski definition) is 0. The van der Waals surface area contributed by atoms with Crippen molar-refractivity contribution in [2.75, 3.05) is 13.1 Å². The van der Waals surface area contributed by atoms with E-state index >= 15 is 0 Å². The summed E-state index contributed by atoms with van der Waals surface area (Å²) in [5.41, 5.74) is 0. The van der Waals surface area contributed by atoms with Crippen LogP contribution in [0.2, 0.25) is 0 Å². The van der Waals surface area contributed by atoms with Crippen LogP contribution in [0.4, 0.5) is 4.79 Å². The molecule has 25 heavy (non-hydrogen) atoms. The first-order chi connectivity index (χ1) is 12.0. The highest BCUT2D eigenvalue weighted by Gasteiger charge is 2.17. The lowest BCUT2D eigenvalue weighted by molar-refractivity contribution is 0.0516. The Balaban J connectivity index is 3.54. The van der Waals surface area contributed by atoms with Gasteiger partial charge in [0.25, 0.3) is 0 Å². The molecule has 1 atom stereocenters. The highest BCUT2D eigenvalue weighted by Crippen LogP contribution is 2.13. The maximum atomic E-state index is 12.1. The Morgan fingerprint density at radius 3 is 1.60 bits per heavy atom. The SMILES string of the molecule is CCCCCCCCCCCCCCN(CC)C(=O)OC(C)C(C)C. The first-order valence-corrected chi connectivity index (χ1v) is 11.0. The van der Waals surface area contributed by atoms with Crippen molar-refractivity contribution in [3.63, 3.8) is 0 Å². The minimum Gasteiger partial charge on any atom is -0.446 e. The van der Waals surface area contributed by atoms with Gasteiger partial charge in [0.2, 0.25) is 0 Å². The van der Waals surface area contributed by atoms with E-state index in [1.165, 1.54) is 70.6 Å². The van der Waals surface area contributed by atoms with E-state index in [2.05, 4.69) is 20.8 Å². The average molecular weight is 356 g/mol. The van der Waals surface area contributed by atoms with E-state index in [0.29, 0.717) is 5.92 Å². The molecule has 150 valence electrons. The van der Waals surface area contributed by atoms with Crippen molar-refractivity contribution >= 4 is 6.09 Å². The summed E-state index contributed by atoms with van der Waals surface area (Å²) in [7, 11) is 0. The molecule has 0 N–H and O–H groups in total. The van der Waals surface area contributed by atoms with E-state index in [1.807, 2.05) is 18.7 Å². The highest BCUT2D eigenvalue weighted by atomic mass is 16.6. The summed E-state index contributed by atoms with van der Waals surface area (Å²) in [5.74, 6) is 0.370. The van der Waals surface area contributed by atoms with Gasteiger partial charge in [-0.25, -0.2) is 4.79 Å². The van der Waals surface area contributed by atoms with Crippen LogP contribution in [0.5, 0.6) is 0 Å². The third-order valence-corrected chi connectivity index (χ3v) is 5.15. The lowest BCUT2D eigenvalue weighted by Gasteiger charge is -2.24. The number of hydrogen-bond acceptors (Lipinski definition) is 2. The lowest BCUT2D eigenvalue weighted by atomic mass is 10.1. The van der Waals surface area contributed by atoms with Gasteiger partial charge in [0.15, 0.2) is 0 Å². The van der Waals surface area contributed by atoms with Gasteiger partial charge in [0.05, 0.1) is 0 Å². The van der Waals surface area contributed by atoms with Crippen LogP contribution in [0.25, 0.3) is 0 Å². The van der Waals surface area contributed by atoms with Crippen molar-refractivity contribution in [1.29, 1.82) is 0 Å². The van der Waals surface area contributed by atoms with Crippen molar-refractivity contribution in [2.24, 2.45) is 5.92 Å². The van der Waals surface area contributed by atoms with Crippen LogP contribution in [0.3, 0.4) is 0 Å². The Morgan fingerprint density at radius 1 is 0.760 bits per heavy atom. The Morgan fingerprint density at radius 2 is 1.20 bits per heavy atom. The third kappa shape index (κ3) is 14.2. The van der Waals surface area contributed by atoms with Crippen molar-refractivity contribution in [3.8, 4) is 0 Å². The summed E-state index contributed by atoms with van der Waals surface area (Å²) in [5, 5.41) is 0. The second-order valence-corrected chi connectivity index (χ2v) is 7.80. The summed E-state index contributed by atoms with van der Waals surface area (Å²) in [6.07, 6.45) is 16.0. The lowest BCUT2D eigenvalue weighted by Crippen LogP contribution is -2.35. The van der Waals surface area contributed by atoms with Crippen LogP contribution in [-0.4, -0.2) is 30.2 Å². The van der Waals surface area contributed by atoms with Crippen LogP contribution in [0.1, 0.15) is 112 Å². The van der Waals surface area contributed by atoms with Crippen LogP contribution < -0.4 is 0 Å². The first kappa shape index (κ1) is 24.3. The number of nitrogens with zero attached hydrogens (tertiary/aromatic N) is 1. The normalized spacial score (nSPS) is 12.4. The summed E-state index contributed by atoms with van der Waals surface area (Å²) in [4.78, 5) is 14.0. The Bertz CT molecular complexity index is 304. The molecule has 0 bridgehead atoms. The standard InChI is InChI=1S/C22H45NO2/c1-6-8-9-10-11-12-13-14-15-16-17-18-19-23(7-2)22(24)25-21(5)20(3)4/h20-21H,6-19H2,1-5H3. The first-order valence-electron chi connectivity index (χ1n) is 11.0. The molecule has 0 heterocycles. The fourth-order valence-corrected chi connectivity index (χ4v) is 2.89. The van der Waals surface area contributed by atoms with E-state index in [-0.39, 0.29) is 12.2 Å². The maximum absolute atomic E-state index is 12.1. The van der Waals surface area contributed by atoms with E-state index < -0.39 is 0 Å². The molecule has 0 spiro atoms. The Kier molecular flexibility index (Phi) is 16.2. The largest absolute Gasteiger partial charge is 0.446 e. The van der Waals surface area contributed by atoms with Crippen molar-refractivity contribution < 1.29 is 9.53 Å². The van der Waals surface area contributed by atoms with E-state index in [4.69, 9.17) is 4.74 Å². The molecule has 0 saturated heterocycles. The van der Waals surface area contributed by atoms with Gasteiger partial charge < -0.3 is 9.64 Å². The van der Waals surface area contributed by atoms with Crippen LogP contribution in [0.15, 0.2) is 0 Å². The molecule has 0 rings (SSSR count). The molecule has 0 radical (unpaired) electrons. The predicted molar refractivity (Wildman–Crippen MR) is 109 cm³/mol. The molecule has 0 saturated carbocycles. The van der Waals surface area contributed by atoms with Crippen LogP contribution in [0, 0.1) is 5.92 Å². The molecular weight excluding hydrogens is 310 g/mol. The Labute approximate surface area is 157 Å². The van der Waals surface area contributed by atoms with Crippen molar-refractivity contribution in [2.45, 2.75) is 118 Å². The zero-order valence-corrected chi connectivity index (χ0v) is 17.8. The quantitative estimate of drug-likeness (QED) is 0.274. The summed E-state index contributed by atoms with van der Waals surface area (Å²) in [6.45, 7) is 12.0. The fraction of sp³-hybridized carbons (Fsp3) is 0.955. The van der Waals surface area contributed by atoms with Crippen molar-refractivity contribution in [3.05, 3.63) is 0 Å². The smallest absolute Gasteiger partial charge is 0.410 e. The van der Waals surface area contributed by atoms with Gasteiger partial charge >= 0.3 is 6.09 Å². The van der Waals surface area contributed by atoms with E-state index in [1.54, 1.807) is 0 Å². The monoisotopic (exact) mass is 355 g/mol. The molecule has 0 aliphatic carbocycles. The predicted octanol–water partition coefficient (Wildman–Crippen LogP) is 7.19. The fourth-order valence-electron chi connectivity index (χ4n) is 2.89. The van der Waals surface area contributed by atoms with Crippen LogP contribution >= 0.6 is 0 Å². The molecule has 0 aromatic heterocycles. The van der Waals surface area contributed by atoms with Gasteiger partial charge in [-0.05, 0) is 26.2 Å². The number of amides is 1. The third-order valence-electron chi connectivity index (χ3n) is 5.15. The molecular formula is C22H45NO2.